The van der Waals surface area contributed by atoms with Crippen LogP contribution in [0.2, 0.25) is 0 Å². The van der Waals surface area contributed by atoms with Gasteiger partial charge in [-0.05, 0) is 12.1 Å². The molecule has 2 fully saturated rings. The second kappa shape index (κ2) is 7.54. The molecule has 0 radical (unpaired) electrons. The Labute approximate surface area is 188 Å². The number of rotatable bonds is 5. The molecule has 1 N–H and O–H groups in total. The molecule has 6 nitrogen and oxygen atoms in total. The highest BCUT2D eigenvalue weighted by Gasteiger charge is 2.76. The molecule has 3 aromatic rings. The summed E-state index contributed by atoms with van der Waals surface area (Å²) in [5.41, 5.74) is 0.149. The fourth-order valence-electron chi connectivity index (χ4n) is 4.22. The maximum absolute atomic E-state index is 14.6. The third-order valence-corrected chi connectivity index (χ3v) is 6.28. The lowest BCUT2D eigenvalue weighted by Crippen LogP contribution is -2.52. The summed E-state index contributed by atoms with van der Waals surface area (Å²) in [6.45, 7) is 4.15. The van der Waals surface area contributed by atoms with Gasteiger partial charge >= 0.3 is 0 Å². The van der Waals surface area contributed by atoms with Crippen LogP contribution >= 0.6 is 0 Å². The van der Waals surface area contributed by atoms with E-state index in [2.05, 4.69) is 20.3 Å². The molecule has 1 aromatic carbocycles. The van der Waals surface area contributed by atoms with E-state index in [4.69, 9.17) is 0 Å². The number of alkyl halides is 2. The second-order valence-electron chi connectivity index (χ2n) is 8.99. The Hall–Kier alpha value is -3.49. The molecule has 0 atom stereocenters. The zero-order valence-corrected chi connectivity index (χ0v) is 18.1. The van der Waals surface area contributed by atoms with Crippen molar-refractivity contribution in [3.8, 4) is 11.1 Å². The highest BCUT2D eigenvalue weighted by Crippen LogP contribution is 2.66. The number of aromatic nitrogens is 3. The molecule has 9 heteroatoms. The van der Waals surface area contributed by atoms with E-state index in [9.17, 15) is 18.0 Å². The van der Waals surface area contributed by atoms with Crippen LogP contribution in [0.3, 0.4) is 0 Å². The number of nitrogens with one attached hydrogen (secondary N) is 1. The van der Waals surface area contributed by atoms with Gasteiger partial charge in [0.1, 0.15) is 11.6 Å². The molecule has 1 saturated heterocycles. The van der Waals surface area contributed by atoms with Gasteiger partial charge in [-0.1, -0.05) is 32.0 Å². The average Bonchev–Trinajstić information content (AvgIpc) is 3.36. The van der Waals surface area contributed by atoms with Gasteiger partial charge in [0.05, 0.1) is 16.7 Å². The summed E-state index contributed by atoms with van der Waals surface area (Å²) in [5.74, 6) is -2.59. The molecule has 2 aliphatic rings. The topological polar surface area (TPSA) is 71.0 Å². The predicted molar refractivity (Wildman–Crippen MR) is 118 cm³/mol. The number of anilines is 2. The molecule has 33 heavy (non-hydrogen) atoms. The lowest BCUT2D eigenvalue weighted by Gasteiger charge is -2.41. The molecule has 1 spiro atoms. The third-order valence-electron chi connectivity index (χ3n) is 6.28. The summed E-state index contributed by atoms with van der Waals surface area (Å²) in [7, 11) is 0. The molecule has 0 unspecified atom stereocenters. The number of pyridine rings is 1. The first-order valence-electron chi connectivity index (χ1n) is 10.7. The molecule has 5 rings (SSSR count). The van der Waals surface area contributed by atoms with Crippen LogP contribution in [0.4, 0.5) is 24.7 Å². The van der Waals surface area contributed by atoms with E-state index in [0.717, 1.165) is 0 Å². The van der Waals surface area contributed by atoms with Gasteiger partial charge in [0, 0.05) is 55.1 Å². The number of hydrogen-bond acceptors (Lipinski definition) is 5. The zero-order valence-electron chi connectivity index (χ0n) is 18.1. The van der Waals surface area contributed by atoms with Crippen LogP contribution in [0.15, 0.2) is 48.9 Å². The standard InChI is InChI=1S/C24H22F3N5O/c1-14(2)20-29-9-15(10-30-20)22(33)31-19-17(16-5-3-4-6-18(16)25)7-8-28-21(19)32-12-23(13-32)11-24(23,26)27/h3-10,14H,11-13H2,1-2H3,(H,31,33). The van der Waals surface area contributed by atoms with Crippen LogP contribution < -0.4 is 10.2 Å². The SMILES string of the molecule is CC(C)c1ncc(C(=O)Nc2c(-c3ccccc3F)ccnc2N2CC3(C2)CC3(F)F)cn1. The maximum Gasteiger partial charge on any atom is 0.258 e. The third kappa shape index (κ3) is 3.61. The minimum absolute atomic E-state index is 0.110. The van der Waals surface area contributed by atoms with Crippen molar-refractivity contribution in [2.45, 2.75) is 32.1 Å². The van der Waals surface area contributed by atoms with Gasteiger partial charge in [0.2, 0.25) is 0 Å². The van der Waals surface area contributed by atoms with Gasteiger partial charge in [0.25, 0.3) is 11.8 Å². The van der Waals surface area contributed by atoms with Crippen molar-refractivity contribution in [3.05, 3.63) is 66.1 Å². The highest BCUT2D eigenvalue weighted by atomic mass is 19.3. The Morgan fingerprint density at radius 3 is 2.33 bits per heavy atom. The molecular formula is C24H22F3N5O. The summed E-state index contributed by atoms with van der Waals surface area (Å²) in [6.07, 6.45) is 4.20. The molecule has 1 saturated carbocycles. The summed E-state index contributed by atoms with van der Waals surface area (Å²) < 4.78 is 42.2. The van der Waals surface area contributed by atoms with Crippen molar-refractivity contribution in [2.75, 3.05) is 23.3 Å². The molecule has 0 bridgehead atoms. The summed E-state index contributed by atoms with van der Waals surface area (Å²) >= 11 is 0. The first-order chi connectivity index (χ1) is 15.7. The average molecular weight is 453 g/mol. The molecule has 3 heterocycles. The largest absolute Gasteiger partial charge is 0.353 e. The number of carbonyl (C=O) groups is 1. The van der Waals surface area contributed by atoms with E-state index >= 15 is 0 Å². The summed E-state index contributed by atoms with van der Waals surface area (Å²) in [6, 6.07) is 7.77. The van der Waals surface area contributed by atoms with Gasteiger partial charge in [-0.25, -0.2) is 28.1 Å². The monoisotopic (exact) mass is 453 g/mol. The maximum atomic E-state index is 14.6. The van der Waals surface area contributed by atoms with Crippen LogP contribution in [0, 0.1) is 11.2 Å². The van der Waals surface area contributed by atoms with Crippen LogP contribution in [0.25, 0.3) is 11.1 Å². The number of amides is 1. The van der Waals surface area contributed by atoms with E-state index in [0.29, 0.717) is 17.2 Å². The van der Waals surface area contributed by atoms with Crippen molar-refractivity contribution < 1.29 is 18.0 Å². The fourth-order valence-corrected chi connectivity index (χ4v) is 4.22. The molecule has 1 amide bonds. The highest BCUT2D eigenvalue weighted by molar-refractivity contribution is 6.08. The fraction of sp³-hybridized carbons (Fsp3) is 0.333. The van der Waals surface area contributed by atoms with Gasteiger partial charge < -0.3 is 10.2 Å². The lowest BCUT2D eigenvalue weighted by molar-refractivity contribution is 0.0518. The van der Waals surface area contributed by atoms with Crippen LogP contribution in [-0.2, 0) is 0 Å². The molecule has 170 valence electrons. The molecule has 2 aromatic heterocycles. The molecule has 1 aliphatic heterocycles. The van der Waals surface area contributed by atoms with Crippen molar-refractivity contribution >= 4 is 17.4 Å². The van der Waals surface area contributed by atoms with Crippen molar-refractivity contribution in [1.29, 1.82) is 0 Å². The van der Waals surface area contributed by atoms with Crippen LogP contribution in [0.1, 0.15) is 42.4 Å². The smallest absolute Gasteiger partial charge is 0.258 e. The van der Waals surface area contributed by atoms with Gasteiger partial charge in [-0.15, -0.1) is 0 Å². The number of hydrogen-bond donors (Lipinski definition) is 1. The number of nitrogens with zero attached hydrogens (tertiary/aromatic N) is 4. The first-order valence-corrected chi connectivity index (χ1v) is 10.7. The van der Waals surface area contributed by atoms with Gasteiger partial charge in [-0.3, -0.25) is 4.79 Å². The Bertz CT molecular complexity index is 1220. The lowest BCUT2D eigenvalue weighted by atomic mass is 9.94. The second-order valence-corrected chi connectivity index (χ2v) is 8.99. The van der Waals surface area contributed by atoms with E-state index in [1.54, 1.807) is 29.2 Å². The van der Waals surface area contributed by atoms with Crippen LogP contribution in [-0.4, -0.2) is 39.9 Å². The van der Waals surface area contributed by atoms with E-state index in [-0.39, 0.29) is 42.2 Å². The number of carbonyl (C=O) groups excluding carboxylic acids is 1. The van der Waals surface area contributed by atoms with Crippen molar-refractivity contribution in [1.82, 2.24) is 15.0 Å². The van der Waals surface area contributed by atoms with E-state index in [1.807, 2.05) is 13.8 Å². The van der Waals surface area contributed by atoms with Crippen LogP contribution in [0.5, 0.6) is 0 Å². The zero-order chi connectivity index (χ0) is 23.4. The Morgan fingerprint density at radius 2 is 1.73 bits per heavy atom. The minimum Gasteiger partial charge on any atom is -0.353 e. The Balaban J connectivity index is 1.51. The van der Waals surface area contributed by atoms with Crippen molar-refractivity contribution in [3.63, 3.8) is 0 Å². The summed E-state index contributed by atoms with van der Waals surface area (Å²) in [4.78, 5) is 27.5. The summed E-state index contributed by atoms with van der Waals surface area (Å²) in [5, 5.41) is 2.81. The Kier molecular flexibility index (Phi) is 4.88. The quantitative estimate of drug-likeness (QED) is 0.595. The normalized spacial score (nSPS) is 17.7. The number of benzene rings is 1. The van der Waals surface area contributed by atoms with E-state index in [1.165, 1.54) is 24.7 Å². The molecule has 1 aliphatic carbocycles. The van der Waals surface area contributed by atoms with Gasteiger partial charge in [0.15, 0.2) is 5.82 Å². The number of halogens is 3. The Morgan fingerprint density at radius 1 is 1.06 bits per heavy atom. The van der Waals surface area contributed by atoms with E-state index < -0.39 is 23.1 Å². The van der Waals surface area contributed by atoms with Gasteiger partial charge in [-0.2, -0.15) is 0 Å². The molecular weight excluding hydrogens is 431 g/mol. The first kappa shape index (κ1) is 21.4. The minimum atomic E-state index is -2.68. The predicted octanol–water partition coefficient (Wildman–Crippen LogP) is 4.90. The van der Waals surface area contributed by atoms with Crippen molar-refractivity contribution in [2.24, 2.45) is 5.41 Å².